The quantitative estimate of drug-likeness (QED) is 0.633. The smallest absolute Gasteiger partial charge is 0.257 e. The van der Waals surface area contributed by atoms with Crippen molar-refractivity contribution in [3.63, 3.8) is 0 Å². The Bertz CT molecular complexity index is 850. The number of hydrogen-bond donors (Lipinski definition) is 2. The number of likely N-dealkylation sites (N-methyl/N-ethyl adjacent to an activating group) is 1. The van der Waals surface area contributed by atoms with Crippen molar-refractivity contribution in [2.45, 2.75) is 39.2 Å². The standard InChI is InChI=1S/C24H31N3O3/c1-3-27(4-2)20(14-18-8-6-5-7-9-18)16-25-24(29)17-30-21-11-12-22-19(15-21)10-13-23(28)26-22/h5-9,11-12,15,20H,3-4,10,13-14,16-17H2,1-2H3,(H,25,29)(H,26,28). The predicted molar refractivity (Wildman–Crippen MR) is 119 cm³/mol. The number of ether oxygens (including phenoxy) is 1. The van der Waals surface area contributed by atoms with Crippen molar-refractivity contribution in [2.24, 2.45) is 0 Å². The number of anilines is 1. The van der Waals surface area contributed by atoms with Crippen molar-refractivity contribution in [1.82, 2.24) is 10.2 Å². The highest BCUT2D eigenvalue weighted by Gasteiger charge is 2.18. The molecule has 30 heavy (non-hydrogen) atoms. The van der Waals surface area contributed by atoms with E-state index in [1.165, 1.54) is 5.56 Å². The van der Waals surface area contributed by atoms with Gasteiger partial charge in [-0.15, -0.1) is 0 Å². The fourth-order valence-electron chi connectivity index (χ4n) is 3.84. The van der Waals surface area contributed by atoms with Crippen molar-refractivity contribution in [2.75, 3.05) is 31.6 Å². The molecule has 0 aliphatic carbocycles. The Morgan fingerprint density at radius 2 is 1.90 bits per heavy atom. The first-order valence-electron chi connectivity index (χ1n) is 10.7. The number of nitrogens with one attached hydrogen (secondary N) is 2. The molecule has 2 amide bonds. The van der Waals surface area contributed by atoms with E-state index in [2.05, 4.69) is 41.5 Å². The molecule has 2 aromatic carbocycles. The lowest BCUT2D eigenvalue weighted by atomic mass is 10.0. The summed E-state index contributed by atoms with van der Waals surface area (Å²) in [6.07, 6.45) is 2.06. The Kier molecular flexibility index (Phi) is 7.85. The lowest BCUT2D eigenvalue weighted by Crippen LogP contribution is -2.46. The van der Waals surface area contributed by atoms with Gasteiger partial charge in [0.05, 0.1) is 0 Å². The highest BCUT2D eigenvalue weighted by atomic mass is 16.5. The lowest BCUT2D eigenvalue weighted by molar-refractivity contribution is -0.123. The Labute approximate surface area is 178 Å². The summed E-state index contributed by atoms with van der Waals surface area (Å²) in [5.74, 6) is 0.546. The molecule has 1 aliphatic heterocycles. The van der Waals surface area contributed by atoms with E-state index in [4.69, 9.17) is 4.74 Å². The predicted octanol–water partition coefficient (Wildman–Crippen LogP) is 3.02. The van der Waals surface area contributed by atoms with Crippen LogP contribution in [0.2, 0.25) is 0 Å². The maximum Gasteiger partial charge on any atom is 0.257 e. The van der Waals surface area contributed by atoms with Crippen molar-refractivity contribution >= 4 is 17.5 Å². The van der Waals surface area contributed by atoms with Crippen LogP contribution in [0.3, 0.4) is 0 Å². The molecule has 2 aromatic rings. The molecule has 1 heterocycles. The zero-order chi connectivity index (χ0) is 21.3. The van der Waals surface area contributed by atoms with Gasteiger partial charge in [-0.1, -0.05) is 44.2 Å². The van der Waals surface area contributed by atoms with Gasteiger partial charge in [0.1, 0.15) is 5.75 Å². The average Bonchev–Trinajstić information content (AvgIpc) is 2.77. The van der Waals surface area contributed by atoms with Crippen LogP contribution >= 0.6 is 0 Å². The number of rotatable bonds is 10. The van der Waals surface area contributed by atoms with Gasteiger partial charge in [0.2, 0.25) is 5.91 Å². The molecule has 3 rings (SSSR count). The molecule has 1 unspecified atom stereocenters. The van der Waals surface area contributed by atoms with Gasteiger partial charge in [0, 0.05) is 24.7 Å². The number of amides is 2. The van der Waals surface area contributed by atoms with E-state index in [0.29, 0.717) is 25.1 Å². The van der Waals surface area contributed by atoms with Crippen LogP contribution in [-0.2, 0) is 22.4 Å². The fourth-order valence-corrected chi connectivity index (χ4v) is 3.84. The van der Waals surface area contributed by atoms with E-state index in [0.717, 1.165) is 30.8 Å². The number of fused-ring (bicyclic) bond motifs is 1. The minimum Gasteiger partial charge on any atom is -0.484 e. The number of carbonyl (C=O) groups excluding carboxylic acids is 2. The first-order chi connectivity index (χ1) is 14.6. The summed E-state index contributed by atoms with van der Waals surface area (Å²) in [6, 6.07) is 16.1. The molecule has 2 N–H and O–H groups in total. The van der Waals surface area contributed by atoms with E-state index >= 15 is 0 Å². The molecule has 1 atom stereocenters. The van der Waals surface area contributed by atoms with Crippen molar-refractivity contribution in [1.29, 1.82) is 0 Å². The first-order valence-corrected chi connectivity index (χ1v) is 10.7. The normalized spacial score (nSPS) is 14.0. The Balaban J connectivity index is 1.52. The molecule has 0 aromatic heterocycles. The van der Waals surface area contributed by atoms with Gasteiger partial charge >= 0.3 is 0 Å². The summed E-state index contributed by atoms with van der Waals surface area (Å²) in [4.78, 5) is 26.2. The molecular formula is C24H31N3O3. The van der Waals surface area contributed by atoms with E-state index in [1.54, 1.807) is 6.07 Å². The van der Waals surface area contributed by atoms with Crippen molar-refractivity contribution in [3.05, 3.63) is 59.7 Å². The molecule has 6 nitrogen and oxygen atoms in total. The molecule has 0 radical (unpaired) electrons. The molecule has 0 spiro atoms. The number of hydrogen-bond acceptors (Lipinski definition) is 4. The number of nitrogens with zero attached hydrogens (tertiary/aromatic N) is 1. The molecule has 0 fully saturated rings. The molecule has 160 valence electrons. The van der Waals surface area contributed by atoms with Gasteiger partial charge in [0.15, 0.2) is 6.61 Å². The van der Waals surface area contributed by atoms with Gasteiger partial charge in [-0.3, -0.25) is 14.5 Å². The van der Waals surface area contributed by atoms with Gasteiger partial charge in [0.25, 0.3) is 5.91 Å². The van der Waals surface area contributed by atoms with Crippen LogP contribution in [0.4, 0.5) is 5.69 Å². The van der Waals surface area contributed by atoms with Crippen LogP contribution < -0.4 is 15.4 Å². The van der Waals surface area contributed by atoms with Crippen LogP contribution in [0.5, 0.6) is 5.75 Å². The first kappa shape index (κ1) is 21.8. The van der Waals surface area contributed by atoms with Crippen LogP contribution in [0, 0.1) is 0 Å². The van der Waals surface area contributed by atoms with E-state index in [1.807, 2.05) is 30.3 Å². The Morgan fingerprint density at radius 1 is 1.13 bits per heavy atom. The monoisotopic (exact) mass is 409 g/mol. The Hall–Kier alpha value is -2.86. The summed E-state index contributed by atoms with van der Waals surface area (Å²) in [5.41, 5.74) is 3.13. The van der Waals surface area contributed by atoms with Crippen molar-refractivity contribution < 1.29 is 14.3 Å². The summed E-state index contributed by atoms with van der Waals surface area (Å²) in [6.45, 7) is 6.71. The van der Waals surface area contributed by atoms with Gasteiger partial charge in [-0.25, -0.2) is 0 Å². The Morgan fingerprint density at radius 3 is 2.63 bits per heavy atom. The van der Waals surface area contributed by atoms with Gasteiger partial charge < -0.3 is 15.4 Å². The minimum absolute atomic E-state index is 0.0263. The third-order valence-electron chi connectivity index (χ3n) is 5.52. The molecule has 6 heteroatoms. The highest BCUT2D eigenvalue weighted by Crippen LogP contribution is 2.26. The number of carbonyl (C=O) groups is 2. The third kappa shape index (κ3) is 6.07. The second-order valence-corrected chi connectivity index (χ2v) is 7.52. The lowest BCUT2D eigenvalue weighted by Gasteiger charge is -2.30. The third-order valence-corrected chi connectivity index (χ3v) is 5.52. The van der Waals surface area contributed by atoms with Gasteiger partial charge in [-0.05, 0) is 55.3 Å². The zero-order valence-corrected chi connectivity index (χ0v) is 17.8. The second-order valence-electron chi connectivity index (χ2n) is 7.52. The molecule has 0 saturated heterocycles. The summed E-state index contributed by atoms with van der Waals surface area (Å²) >= 11 is 0. The van der Waals surface area contributed by atoms with Crippen LogP contribution in [0.1, 0.15) is 31.4 Å². The maximum absolute atomic E-state index is 12.4. The van der Waals surface area contributed by atoms with Crippen molar-refractivity contribution in [3.8, 4) is 5.75 Å². The van der Waals surface area contributed by atoms with Crippen LogP contribution in [0.25, 0.3) is 0 Å². The van der Waals surface area contributed by atoms with E-state index < -0.39 is 0 Å². The molecule has 1 aliphatic rings. The largest absolute Gasteiger partial charge is 0.484 e. The highest BCUT2D eigenvalue weighted by molar-refractivity contribution is 5.94. The molecule has 0 saturated carbocycles. The second kappa shape index (κ2) is 10.8. The van der Waals surface area contributed by atoms with Crippen LogP contribution in [0.15, 0.2) is 48.5 Å². The molecule has 0 bridgehead atoms. The average molecular weight is 410 g/mol. The number of aryl methyl sites for hydroxylation is 1. The zero-order valence-electron chi connectivity index (χ0n) is 17.8. The topological polar surface area (TPSA) is 70.7 Å². The number of benzene rings is 2. The SMILES string of the molecule is CCN(CC)C(CNC(=O)COc1ccc2c(c1)CCC(=O)N2)Cc1ccccc1. The van der Waals surface area contributed by atoms with E-state index in [-0.39, 0.29) is 24.5 Å². The maximum atomic E-state index is 12.4. The van der Waals surface area contributed by atoms with Gasteiger partial charge in [-0.2, -0.15) is 0 Å². The minimum atomic E-state index is -0.133. The van der Waals surface area contributed by atoms with E-state index in [9.17, 15) is 9.59 Å². The summed E-state index contributed by atoms with van der Waals surface area (Å²) in [7, 11) is 0. The fraction of sp³-hybridized carbons (Fsp3) is 0.417. The molecular weight excluding hydrogens is 378 g/mol. The van der Waals surface area contributed by atoms with Crippen LogP contribution in [-0.4, -0.2) is 49.0 Å². The summed E-state index contributed by atoms with van der Waals surface area (Å²) in [5, 5.41) is 5.88. The summed E-state index contributed by atoms with van der Waals surface area (Å²) < 4.78 is 5.69.